The maximum atomic E-state index is 13.2. The van der Waals surface area contributed by atoms with Crippen LogP contribution >= 0.6 is 35.1 Å². The highest BCUT2D eigenvalue weighted by Gasteiger charge is 2.57. The van der Waals surface area contributed by atoms with Gasteiger partial charge in [-0.05, 0) is 74.0 Å². The molecular formula is C19H26ClN3O2S2. The second-order valence-electron chi connectivity index (χ2n) is 7.58. The summed E-state index contributed by atoms with van der Waals surface area (Å²) in [5, 5.41) is 7.60. The first-order valence-electron chi connectivity index (χ1n) is 9.18. The van der Waals surface area contributed by atoms with Crippen LogP contribution in [0.5, 0.6) is 0 Å². The van der Waals surface area contributed by atoms with Gasteiger partial charge in [0.05, 0.1) is 0 Å². The van der Waals surface area contributed by atoms with Gasteiger partial charge in [0.25, 0.3) is 0 Å². The van der Waals surface area contributed by atoms with E-state index in [9.17, 15) is 9.59 Å². The monoisotopic (exact) mass is 427 g/mol. The maximum absolute atomic E-state index is 13.2. The first kappa shape index (κ1) is 20.6. The smallest absolute Gasteiger partial charge is 0.308 e. The molecule has 1 aliphatic heterocycles. The molecule has 1 atom stereocenters. The van der Waals surface area contributed by atoms with Gasteiger partial charge in [0.2, 0.25) is 5.91 Å². The topological polar surface area (TPSA) is 54.3 Å². The highest BCUT2D eigenvalue weighted by Crippen LogP contribution is 2.56. The van der Waals surface area contributed by atoms with Gasteiger partial charge in [-0.1, -0.05) is 11.3 Å². The van der Waals surface area contributed by atoms with E-state index in [-0.39, 0.29) is 29.7 Å². The van der Waals surface area contributed by atoms with Gasteiger partial charge in [-0.15, -0.1) is 12.4 Å². The summed E-state index contributed by atoms with van der Waals surface area (Å²) in [4.78, 5) is 28.4. The van der Waals surface area contributed by atoms with Gasteiger partial charge < -0.3 is 10.2 Å². The minimum absolute atomic E-state index is 0. The summed E-state index contributed by atoms with van der Waals surface area (Å²) in [6.07, 6.45) is 3.38. The Kier molecular flexibility index (Phi) is 6.15. The molecule has 0 radical (unpaired) electrons. The molecule has 1 N–H and O–H groups in total. The first-order valence-corrected chi connectivity index (χ1v) is 10.9. The van der Waals surface area contributed by atoms with Gasteiger partial charge in [0.15, 0.2) is 0 Å². The molecule has 1 saturated heterocycles. The van der Waals surface area contributed by atoms with Crippen LogP contribution in [0.4, 0.5) is 0 Å². The molecule has 1 unspecified atom stereocenters. The summed E-state index contributed by atoms with van der Waals surface area (Å²) in [7, 11) is 0. The highest BCUT2D eigenvalue weighted by atomic mass is 35.5. The van der Waals surface area contributed by atoms with E-state index < -0.39 is 0 Å². The van der Waals surface area contributed by atoms with E-state index in [0.29, 0.717) is 18.0 Å². The van der Waals surface area contributed by atoms with Crippen LogP contribution in [0.3, 0.4) is 0 Å². The standard InChI is InChI=1S/C19H25N3O2S2.ClH/c1-13-14(2)26-18(24)21(13)11-17(23)22(10-15-3-8-25-12-15)16-9-19(16)4-6-20-7-5-19;/h3,8,12,16,20H,4-7,9-11H2,1-2H3;1H. The molecule has 3 heterocycles. The van der Waals surface area contributed by atoms with Crippen LogP contribution in [0.2, 0.25) is 0 Å². The van der Waals surface area contributed by atoms with E-state index in [0.717, 1.165) is 42.9 Å². The minimum Gasteiger partial charge on any atom is -0.333 e. The Morgan fingerprint density at radius 3 is 2.70 bits per heavy atom. The fourth-order valence-electron chi connectivity index (χ4n) is 4.18. The second-order valence-corrected chi connectivity index (χ2v) is 9.53. The van der Waals surface area contributed by atoms with E-state index in [1.165, 1.54) is 16.9 Å². The van der Waals surface area contributed by atoms with E-state index in [2.05, 4.69) is 22.1 Å². The number of nitrogens with one attached hydrogen (secondary N) is 1. The SMILES string of the molecule is Cc1sc(=O)n(CC(=O)N(Cc2ccsc2)C2CC23CCNCC3)c1C.Cl. The molecule has 2 aromatic rings. The van der Waals surface area contributed by atoms with Crippen LogP contribution in [0, 0.1) is 19.3 Å². The molecule has 0 bridgehead atoms. The lowest BCUT2D eigenvalue weighted by Gasteiger charge is -2.29. The Balaban J connectivity index is 0.00000210. The molecule has 0 aromatic carbocycles. The number of carbonyl (C=O) groups excluding carboxylic acids is 1. The van der Waals surface area contributed by atoms with Crippen molar-refractivity contribution in [3.05, 3.63) is 42.6 Å². The van der Waals surface area contributed by atoms with E-state index in [1.54, 1.807) is 15.9 Å². The maximum Gasteiger partial charge on any atom is 0.308 e. The van der Waals surface area contributed by atoms with Crippen LogP contribution in [0.25, 0.3) is 0 Å². The number of hydrogen-bond donors (Lipinski definition) is 1. The number of amides is 1. The Hall–Kier alpha value is -1.15. The number of aromatic nitrogens is 1. The number of rotatable bonds is 5. The van der Waals surface area contributed by atoms with Crippen molar-refractivity contribution >= 4 is 41.0 Å². The van der Waals surface area contributed by atoms with Crippen molar-refractivity contribution in [1.29, 1.82) is 0 Å². The number of thiazole rings is 1. The van der Waals surface area contributed by atoms with E-state index in [1.807, 2.05) is 18.7 Å². The number of thiophene rings is 1. The molecule has 1 spiro atoms. The third-order valence-electron chi connectivity index (χ3n) is 6.04. The highest BCUT2D eigenvalue weighted by molar-refractivity contribution is 7.09. The lowest BCUT2D eigenvalue weighted by molar-refractivity contribution is -0.133. The minimum atomic E-state index is -0.0313. The molecule has 4 rings (SSSR count). The lowest BCUT2D eigenvalue weighted by Crippen LogP contribution is -2.41. The molecule has 27 heavy (non-hydrogen) atoms. The van der Waals surface area contributed by atoms with Gasteiger partial charge in [-0.3, -0.25) is 14.2 Å². The molecular weight excluding hydrogens is 402 g/mol. The number of halogens is 1. The van der Waals surface area contributed by atoms with Crippen molar-refractivity contribution in [1.82, 2.24) is 14.8 Å². The van der Waals surface area contributed by atoms with Gasteiger partial charge in [-0.25, -0.2) is 0 Å². The van der Waals surface area contributed by atoms with Crippen LogP contribution in [-0.4, -0.2) is 34.5 Å². The zero-order valence-electron chi connectivity index (χ0n) is 15.7. The van der Waals surface area contributed by atoms with Crippen LogP contribution in [0.1, 0.15) is 35.4 Å². The Labute approximate surface area is 173 Å². The average Bonchev–Trinajstić information content (AvgIpc) is 2.96. The zero-order chi connectivity index (χ0) is 18.3. The van der Waals surface area contributed by atoms with Crippen molar-refractivity contribution in [3.63, 3.8) is 0 Å². The van der Waals surface area contributed by atoms with Crippen LogP contribution in [-0.2, 0) is 17.9 Å². The number of nitrogens with zero attached hydrogens (tertiary/aromatic N) is 2. The third kappa shape index (κ3) is 4.01. The fraction of sp³-hybridized carbons (Fsp3) is 0.579. The number of aryl methyl sites for hydroxylation is 1. The lowest BCUT2D eigenvalue weighted by atomic mass is 9.93. The van der Waals surface area contributed by atoms with Crippen molar-refractivity contribution in [2.24, 2.45) is 5.41 Å². The summed E-state index contributed by atoms with van der Waals surface area (Å²) in [5.41, 5.74) is 2.39. The first-order chi connectivity index (χ1) is 12.5. The van der Waals surface area contributed by atoms with Crippen LogP contribution < -0.4 is 10.2 Å². The van der Waals surface area contributed by atoms with Gasteiger partial charge in [0.1, 0.15) is 6.54 Å². The van der Waals surface area contributed by atoms with E-state index in [4.69, 9.17) is 0 Å². The van der Waals surface area contributed by atoms with Gasteiger partial charge >= 0.3 is 4.87 Å². The normalized spacial score (nSPS) is 20.3. The zero-order valence-corrected chi connectivity index (χ0v) is 18.1. The molecule has 148 valence electrons. The summed E-state index contributed by atoms with van der Waals surface area (Å²) in [6.45, 7) is 6.76. The molecule has 8 heteroatoms. The van der Waals surface area contributed by atoms with Crippen LogP contribution in [0.15, 0.2) is 21.6 Å². The van der Waals surface area contributed by atoms with Gasteiger partial charge in [0, 0.05) is 23.2 Å². The molecule has 1 saturated carbocycles. The molecule has 2 aliphatic rings. The Morgan fingerprint density at radius 2 is 2.11 bits per heavy atom. The second kappa shape index (κ2) is 8.07. The predicted octanol–water partition coefficient (Wildman–Crippen LogP) is 3.18. The fourth-order valence-corrected chi connectivity index (χ4v) is 5.67. The van der Waals surface area contributed by atoms with Crippen molar-refractivity contribution in [3.8, 4) is 0 Å². The predicted molar refractivity (Wildman–Crippen MR) is 113 cm³/mol. The van der Waals surface area contributed by atoms with Crippen molar-refractivity contribution in [2.75, 3.05) is 13.1 Å². The molecule has 1 aliphatic carbocycles. The van der Waals surface area contributed by atoms with Crippen molar-refractivity contribution < 1.29 is 4.79 Å². The summed E-state index contributed by atoms with van der Waals surface area (Å²) >= 11 is 2.89. The summed E-state index contributed by atoms with van der Waals surface area (Å²) < 4.78 is 1.64. The van der Waals surface area contributed by atoms with Crippen molar-refractivity contribution in [2.45, 2.75) is 52.2 Å². The molecule has 2 aromatic heterocycles. The van der Waals surface area contributed by atoms with Gasteiger partial charge in [-0.2, -0.15) is 11.3 Å². The summed E-state index contributed by atoms with van der Waals surface area (Å²) in [5.74, 6) is 0.0691. The average molecular weight is 428 g/mol. The molecule has 5 nitrogen and oxygen atoms in total. The quantitative estimate of drug-likeness (QED) is 0.797. The number of piperidine rings is 1. The Bertz CT molecular complexity index is 853. The number of hydrogen-bond acceptors (Lipinski definition) is 5. The largest absolute Gasteiger partial charge is 0.333 e. The molecule has 1 amide bonds. The van der Waals surface area contributed by atoms with E-state index >= 15 is 0 Å². The molecule has 2 fully saturated rings. The Morgan fingerprint density at radius 1 is 1.37 bits per heavy atom. The third-order valence-corrected chi connectivity index (χ3v) is 7.77. The summed E-state index contributed by atoms with van der Waals surface area (Å²) in [6, 6.07) is 2.40. The number of carbonyl (C=O) groups is 1.